The molecule has 1 N–H and O–H groups in total. The van der Waals surface area contributed by atoms with Crippen LogP contribution in [0.4, 0.5) is 0 Å². The van der Waals surface area contributed by atoms with Crippen LogP contribution >= 0.6 is 0 Å². The molecule has 41 heavy (non-hydrogen) atoms. The lowest BCUT2D eigenvalue weighted by atomic mass is 9.41. The van der Waals surface area contributed by atoms with Gasteiger partial charge in [-0.1, -0.05) is 65.8 Å². The monoisotopic (exact) mass is 568 g/mol. The maximum atomic E-state index is 10.2. The summed E-state index contributed by atoms with van der Waals surface area (Å²) in [6.07, 6.45) is 18.6. The third-order valence-corrected chi connectivity index (χ3v) is 14.4. The van der Waals surface area contributed by atoms with Gasteiger partial charge in [-0.2, -0.15) is 0 Å². The Morgan fingerprint density at radius 2 is 1.76 bits per heavy atom. The zero-order valence-electron chi connectivity index (χ0n) is 27.8. The molecule has 0 radical (unpaired) electrons. The molecule has 0 aromatic carbocycles. The van der Waals surface area contributed by atoms with Gasteiger partial charge in [-0.3, -0.25) is 0 Å². The van der Waals surface area contributed by atoms with Crippen molar-refractivity contribution in [2.45, 2.75) is 150 Å². The van der Waals surface area contributed by atoms with Crippen LogP contribution in [-0.2, 0) is 14.2 Å². The fraction of sp³-hybridized carbons (Fsp3) is 0.892. The van der Waals surface area contributed by atoms with E-state index in [0.29, 0.717) is 35.0 Å². The van der Waals surface area contributed by atoms with Crippen molar-refractivity contribution in [1.82, 2.24) is 0 Å². The SMILES string of the molecule is CC(C/C=C/C(C)(C)O)C1CCC2C3C=CC45OC(C)C3(CCC12C)C4CCC(OC1OC(C)C(C)C1C)C5(C)C. The van der Waals surface area contributed by atoms with Crippen molar-refractivity contribution in [3.63, 3.8) is 0 Å². The Morgan fingerprint density at radius 3 is 2.41 bits per heavy atom. The minimum Gasteiger partial charge on any atom is -0.386 e. The number of ether oxygens (including phenoxy) is 3. The summed E-state index contributed by atoms with van der Waals surface area (Å²) in [5.41, 5.74) is -0.489. The van der Waals surface area contributed by atoms with E-state index in [-0.39, 0.29) is 41.0 Å². The predicted molar refractivity (Wildman–Crippen MR) is 165 cm³/mol. The quantitative estimate of drug-likeness (QED) is 0.327. The summed E-state index contributed by atoms with van der Waals surface area (Å²) < 4.78 is 20.6. The third-order valence-electron chi connectivity index (χ3n) is 14.4. The Labute approximate surface area is 251 Å². The van der Waals surface area contributed by atoms with Crippen molar-refractivity contribution in [2.75, 3.05) is 0 Å². The van der Waals surface area contributed by atoms with Crippen molar-refractivity contribution in [2.24, 2.45) is 57.7 Å². The van der Waals surface area contributed by atoms with Crippen molar-refractivity contribution in [3.8, 4) is 0 Å². The topological polar surface area (TPSA) is 47.9 Å². The molecule has 4 nitrogen and oxygen atoms in total. The molecule has 6 aliphatic rings. The Bertz CT molecular complexity index is 1060. The van der Waals surface area contributed by atoms with Gasteiger partial charge in [0.2, 0.25) is 0 Å². The van der Waals surface area contributed by atoms with Crippen molar-refractivity contribution in [1.29, 1.82) is 0 Å². The van der Waals surface area contributed by atoms with Crippen LogP contribution in [0, 0.1) is 57.7 Å². The van der Waals surface area contributed by atoms with Gasteiger partial charge in [-0.25, -0.2) is 0 Å². The van der Waals surface area contributed by atoms with Crippen LogP contribution in [0.15, 0.2) is 24.3 Å². The van der Waals surface area contributed by atoms with Crippen LogP contribution in [-0.4, -0.2) is 40.9 Å². The standard InChI is InChI=1S/C37H60O4/c1-22(12-11-18-33(6,7)38)27-13-14-28-29-17-19-37-30(36(29,26(5)41-37)21-20-35(27,28)10)15-16-31(34(37,8)9)40-32-24(3)23(2)25(4)39-32/h11,17-19,22-32,38H,12-16,20-21H2,1-10H3/b18-11+. The van der Waals surface area contributed by atoms with Crippen LogP contribution in [0.1, 0.15) is 114 Å². The Morgan fingerprint density at radius 1 is 1.02 bits per heavy atom. The zero-order chi connectivity index (χ0) is 29.8. The molecule has 14 atom stereocenters. The predicted octanol–water partition coefficient (Wildman–Crippen LogP) is 8.33. The third kappa shape index (κ3) is 4.26. The first-order chi connectivity index (χ1) is 19.1. The second-order valence-corrected chi connectivity index (χ2v) is 17.0. The largest absolute Gasteiger partial charge is 0.386 e. The maximum Gasteiger partial charge on any atom is 0.161 e. The molecule has 14 unspecified atom stereocenters. The molecule has 232 valence electrons. The van der Waals surface area contributed by atoms with Gasteiger partial charge in [0, 0.05) is 22.7 Å². The minimum absolute atomic E-state index is 0.114. The molecule has 0 aromatic rings. The first-order valence-corrected chi connectivity index (χ1v) is 17.2. The second kappa shape index (κ2) is 9.91. The van der Waals surface area contributed by atoms with E-state index >= 15 is 0 Å². The lowest BCUT2D eigenvalue weighted by Crippen LogP contribution is -2.64. The lowest BCUT2D eigenvalue weighted by Gasteiger charge is -2.62. The molecule has 0 amide bonds. The van der Waals surface area contributed by atoms with Crippen LogP contribution < -0.4 is 0 Å². The van der Waals surface area contributed by atoms with Gasteiger partial charge < -0.3 is 19.3 Å². The van der Waals surface area contributed by atoms with Crippen LogP contribution in [0.2, 0.25) is 0 Å². The van der Waals surface area contributed by atoms with Gasteiger partial charge in [-0.15, -0.1) is 0 Å². The maximum absolute atomic E-state index is 10.2. The minimum atomic E-state index is -0.728. The van der Waals surface area contributed by atoms with E-state index in [2.05, 4.69) is 73.6 Å². The highest BCUT2D eigenvalue weighted by molar-refractivity contribution is 5.33. The van der Waals surface area contributed by atoms with E-state index < -0.39 is 5.60 Å². The van der Waals surface area contributed by atoms with E-state index in [4.69, 9.17) is 14.2 Å². The van der Waals surface area contributed by atoms with E-state index in [9.17, 15) is 5.11 Å². The number of allylic oxidation sites excluding steroid dienone is 2. The van der Waals surface area contributed by atoms with Crippen molar-refractivity contribution in [3.05, 3.63) is 24.3 Å². The summed E-state index contributed by atoms with van der Waals surface area (Å²) >= 11 is 0. The molecular weight excluding hydrogens is 508 g/mol. The summed E-state index contributed by atoms with van der Waals surface area (Å²) in [5, 5.41) is 10.2. The summed E-state index contributed by atoms with van der Waals surface area (Å²) in [6.45, 7) is 22.9. The van der Waals surface area contributed by atoms with Gasteiger partial charge in [0.05, 0.1) is 29.5 Å². The second-order valence-electron chi connectivity index (χ2n) is 17.0. The van der Waals surface area contributed by atoms with E-state index in [0.717, 1.165) is 24.7 Å². The smallest absolute Gasteiger partial charge is 0.161 e. The highest BCUT2D eigenvalue weighted by Crippen LogP contribution is 2.75. The van der Waals surface area contributed by atoms with Crippen LogP contribution in [0.5, 0.6) is 0 Å². The van der Waals surface area contributed by atoms with E-state index in [1.165, 1.54) is 32.1 Å². The first-order valence-electron chi connectivity index (χ1n) is 17.2. The molecule has 5 fully saturated rings. The Kier molecular flexibility index (Phi) is 7.34. The number of hydrogen-bond donors (Lipinski definition) is 1. The van der Waals surface area contributed by atoms with Crippen molar-refractivity contribution >= 4 is 0 Å². The average Bonchev–Trinajstić information content (AvgIpc) is 3.41. The summed E-state index contributed by atoms with van der Waals surface area (Å²) in [6, 6.07) is 0. The molecule has 6 rings (SSSR count). The molecule has 0 aromatic heterocycles. The van der Waals surface area contributed by atoms with Gasteiger partial charge in [-0.05, 0) is 108 Å². The number of hydrogen-bond acceptors (Lipinski definition) is 4. The van der Waals surface area contributed by atoms with E-state index in [1.807, 2.05) is 19.9 Å². The normalized spacial score (nSPS) is 52.9. The molecule has 4 heteroatoms. The average molecular weight is 569 g/mol. The molecule has 2 saturated heterocycles. The van der Waals surface area contributed by atoms with Crippen LogP contribution in [0.3, 0.4) is 0 Å². The molecule has 4 aliphatic carbocycles. The number of fused-ring (bicyclic) bond motifs is 2. The summed E-state index contributed by atoms with van der Waals surface area (Å²) in [5.74, 6) is 4.21. The lowest BCUT2D eigenvalue weighted by molar-refractivity contribution is -0.244. The summed E-state index contributed by atoms with van der Waals surface area (Å²) in [7, 11) is 0. The molecule has 3 saturated carbocycles. The first kappa shape index (κ1) is 30.4. The van der Waals surface area contributed by atoms with Crippen molar-refractivity contribution < 1.29 is 19.3 Å². The Balaban J connectivity index is 1.26. The van der Waals surface area contributed by atoms with Crippen LogP contribution in [0.25, 0.3) is 0 Å². The fourth-order valence-electron chi connectivity index (χ4n) is 11.6. The Hall–Kier alpha value is -0.680. The highest BCUT2D eigenvalue weighted by atomic mass is 16.7. The van der Waals surface area contributed by atoms with Gasteiger partial charge in [0.15, 0.2) is 6.29 Å². The molecule has 2 heterocycles. The summed E-state index contributed by atoms with van der Waals surface area (Å²) in [4.78, 5) is 0. The van der Waals surface area contributed by atoms with Gasteiger partial charge in [0.25, 0.3) is 0 Å². The highest BCUT2D eigenvalue weighted by Gasteiger charge is 2.75. The number of aliphatic hydroxyl groups is 1. The molecular formula is C37H60O4. The molecule has 1 spiro atoms. The van der Waals surface area contributed by atoms with Gasteiger partial charge >= 0.3 is 0 Å². The number of rotatable bonds is 6. The zero-order valence-corrected chi connectivity index (χ0v) is 27.8. The van der Waals surface area contributed by atoms with E-state index in [1.54, 1.807) is 0 Å². The molecule has 2 bridgehead atoms. The fourth-order valence-corrected chi connectivity index (χ4v) is 11.6. The molecule has 2 aliphatic heterocycles. The van der Waals surface area contributed by atoms with Gasteiger partial charge in [0.1, 0.15) is 0 Å².